The zero-order valence-electron chi connectivity index (χ0n) is 16.6. The Kier molecular flexibility index (Phi) is 6.31. The molecule has 2 aromatic rings. The summed E-state index contributed by atoms with van der Waals surface area (Å²) in [7, 11) is 3.16. The minimum absolute atomic E-state index is 0.0195. The second-order valence-corrected chi connectivity index (χ2v) is 7.01. The number of carbonyl (C=O) groups excluding carboxylic acids is 2. The summed E-state index contributed by atoms with van der Waals surface area (Å²) in [6.07, 6.45) is -4.55. The van der Waals surface area contributed by atoms with Gasteiger partial charge in [-0.05, 0) is 37.4 Å². The molecule has 0 unspecified atom stereocenters. The van der Waals surface area contributed by atoms with Crippen molar-refractivity contribution < 1.29 is 27.5 Å². The van der Waals surface area contributed by atoms with Crippen LogP contribution in [0.25, 0.3) is 0 Å². The number of carbonyl (C=O) groups is 2. The molecule has 3 rings (SSSR count). The molecule has 1 saturated heterocycles. The Hall–Kier alpha value is -3.07. The second kappa shape index (κ2) is 8.74. The number of alkyl halides is 3. The van der Waals surface area contributed by atoms with Gasteiger partial charge >= 0.3 is 12.1 Å². The number of benzene rings is 2. The summed E-state index contributed by atoms with van der Waals surface area (Å²) >= 11 is 0. The van der Waals surface area contributed by atoms with E-state index in [0.717, 1.165) is 25.2 Å². The van der Waals surface area contributed by atoms with Crippen LogP contribution in [0.5, 0.6) is 0 Å². The molecular weight excluding hydrogens is 399 g/mol. The third-order valence-electron chi connectivity index (χ3n) is 4.99. The molecule has 30 heavy (non-hydrogen) atoms. The Bertz CT molecular complexity index is 939. The van der Waals surface area contributed by atoms with Crippen molar-refractivity contribution in [3.8, 4) is 0 Å². The van der Waals surface area contributed by atoms with Gasteiger partial charge < -0.3 is 19.9 Å². The minimum Gasteiger partial charge on any atom is -0.465 e. The third kappa shape index (κ3) is 4.73. The van der Waals surface area contributed by atoms with E-state index in [-0.39, 0.29) is 16.8 Å². The first-order valence-electron chi connectivity index (χ1n) is 9.34. The molecule has 0 radical (unpaired) electrons. The molecule has 0 atom stereocenters. The fourth-order valence-electron chi connectivity index (χ4n) is 3.29. The number of methoxy groups -OCH3 is 1. The maximum atomic E-state index is 13.3. The van der Waals surface area contributed by atoms with Gasteiger partial charge in [0.2, 0.25) is 0 Å². The predicted octanol–water partition coefficient (Wildman–Crippen LogP) is 3.50. The highest BCUT2D eigenvalue weighted by atomic mass is 19.4. The van der Waals surface area contributed by atoms with Crippen LogP contribution in [0.2, 0.25) is 0 Å². The molecule has 0 aliphatic carbocycles. The van der Waals surface area contributed by atoms with Gasteiger partial charge in [-0.25, -0.2) is 4.79 Å². The largest absolute Gasteiger partial charge is 0.465 e. The fraction of sp³-hybridized carbons (Fsp3) is 0.333. The first-order valence-corrected chi connectivity index (χ1v) is 9.34. The number of likely N-dealkylation sites (N-methyl/N-ethyl adjacent to an activating group) is 1. The lowest BCUT2D eigenvalue weighted by Crippen LogP contribution is -2.44. The summed E-state index contributed by atoms with van der Waals surface area (Å²) in [5.74, 6) is -1.39. The average Bonchev–Trinajstić information content (AvgIpc) is 2.73. The number of amides is 1. The van der Waals surface area contributed by atoms with Crippen LogP contribution in [0.15, 0.2) is 42.5 Å². The number of esters is 1. The number of piperazine rings is 1. The van der Waals surface area contributed by atoms with Gasteiger partial charge in [0.05, 0.1) is 35.2 Å². The molecule has 1 N–H and O–H groups in total. The van der Waals surface area contributed by atoms with Crippen molar-refractivity contribution in [1.82, 2.24) is 4.90 Å². The van der Waals surface area contributed by atoms with Gasteiger partial charge in [0.15, 0.2) is 0 Å². The van der Waals surface area contributed by atoms with E-state index in [2.05, 4.69) is 15.0 Å². The smallest absolute Gasteiger partial charge is 0.416 e. The fourth-order valence-corrected chi connectivity index (χ4v) is 3.29. The molecule has 1 fully saturated rings. The van der Waals surface area contributed by atoms with Gasteiger partial charge in [0.1, 0.15) is 0 Å². The van der Waals surface area contributed by atoms with Crippen LogP contribution >= 0.6 is 0 Å². The van der Waals surface area contributed by atoms with Gasteiger partial charge in [-0.3, -0.25) is 4.79 Å². The number of anilines is 2. The first kappa shape index (κ1) is 21.6. The summed E-state index contributed by atoms with van der Waals surface area (Å²) in [6.45, 7) is 2.73. The van der Waals surface area contributed by atoms with Crippen LogP contribution in [-0.2, 0) is 10.9 Å². The molecule has 1 heterocycles. The maximum Gasteiger partial charge on any atom is 0.416 e. The van der Waals surface area contributed by atoms with E-state index < -0.39 is 23.6 Å². The number of hydrogen-bond acceptors (Lipinski definition) is 5. The molecule has 160 valence electrons. The quantitative estimate of drug-likeness (QED) is 0.766. The van der Waals surface area contributed by atoms with Gasteiger partial charge in [0, 0.05) is 26.2 Å². The highest BCUT2D eigenvalue weighted by Gasteiger charge is 2.32. The number of halogens is 3. The van der Waals surface area contributed by atoms with E-state index in [1.54, 1.807) is 12.1 Å². The molecule has 0 aromatic heterocycles. The summed E-state index contributed by atoms with van der Waals surface area (Å²) in [6, 6.07) is 9.28. The summed E-state index contributed by atoms with van der Waals surface area (Å²) in [5.41, 5.74) is -0.271. The summed E-state index contributed by atoms with van der Waals surface area (Å²) in [4.78, 5) is 28.9. The van der Waals surface area contributed by atoms with Gasteiger partial charge in [-0.1, -0.05) is 12.1 Å². The van der Waals surface area contributed by atoms with Crippen molar-refractivity contribution >= 4 is 23.3 Å². The monoisotopic (exact) mass is 421 g/mol. The van der Waals surface area contributed by atoms with Crippen LogP contribution in [0.4, 0.5) is 24.5 Å². The zero-order chi connectivity index (χ0) is 21.9. The molecule has 2 aromatic carbocycles. The van der Waals surface area contributed by atoms with Gasteiger partial charge in [-0.2, -0.15) is 13.2 Å². The van der Waals surface area contributed by atoms with E-state index in [9.17, 15) is 22.8 Å². The normalized spacial score (nSPS) is 15.0. The molecule has 0 saturated carbocycles. The zero-order valence-corrected chi connectivity index (χ0v) is 16.6. The Morgan fingerprint density at radius 3 is 2.23 bits per heavy atom. The van der Waals surface area contributed by atoms with E-state index in [1.807, 2.05) is 11.9 Å². The van der Waals surface area contributed by atoms with Crippen molar-refractivity contribution in [3.05, 3.63) is 59.2 Å². The molecule has 1 aliphatic heterocycles. The van der Waals surface area contributed by atoms with E-state index >= 15 is 0 Å². The van der Waals surface area contributed by atoms with E-state index in [1.165, 1.54) is 25.3 Å². The minimum atomic E-state index is -4.55. The van der Waals surface area contributed by atoms with E-state index in [4.69, 9.17) is 0 Å². The van der Waals surface area contributed by atoms with Crippen LogP contribution in [0.1, 0.15) is 26.3 Å². The van der Waals surface area contributed by atoms with E-state index in [0.29, 0.717) is 18.8 Å². The highest BCUT2D eigenvalue weighted by Crippen LogP contribution is 2.36. The molecule has 6 nitrogen and oxygen atoms in total. The Morgan fingerprint density at radius 1 is 1.00 bits per heavy atom. The van der Waals surface area contributed by atoms with Crippen molar-refractivity contribution in [2.45, 2.75) is 6.18 Å². The molecule has 0 spiro atoms. The molecule has 1 amide bonds. The maximum absolute atomic E-state index is 13.3. The molecule has 0 bridgehead atoms. The topological polar surface area (TPSA) is 61.9 Å². The number of hydrogen-bond donors (Lipinski definition) is 1. The van der Waals surface area contributed by atoms with Crippen molar-refractivity contribution in [1.29, 1.82) is 0 Å². The molecule has 9 heteroatoms. The highest BCUT2D eigenvalue weighted by molar-refractivity contribution is 6.12. The number of nitrogens with one attached hydrogen (secondary N) is 1. The summed E-state index contributed by atoms with van der Waals surface area (Å²) < 4.78 is 44.5. The number of rotatable bonds is 4. The third-order valence-corrected chi connectivity index (χ3v) is 4.99. The van der Waals surface area contributed by atoms with Gasteiger partial charge in [-0.15, -0.1) is 0 Å². The van der Waals surface area contributed by atoms with Crippen LogP contribution in [-0.4, -0.2) is 57.1 Å². The number of ether oxygens (including phenoxy) is 1. The van der Waals surface area contributed by atoms with Crippen molar-refractivity contribution in [2.24, 2.45) is 0 Å². The second-order valence-electron chi connectivity index (χ2n) is 7.01. The Morgan fingerprint density at radius 2 is 1.63 bits per heavy atom. The lowest BCUT2D eigenvalue weighted by Gasteiger charge is -2.35. The molecular formula is C21H22F3N3O3. The first-order chi connectivity index (χ1) is 14.2. The predicted molar refractivity (Wildman–Crippen MR) is 107 cm³/mol. The van der Waals surface area contributed by atoms with Crippen molar-refractivity contribution in [2.75, 3.05) is 50.6 Å². The molecule has 1 aliphatic rings. The van der Waals surface area contributed by atoms with Gasteiger partial charge in [0.25, 0.3) is 5.91 Å². The SMILES string of the molecule is COC(=O)c1ccccc1C(=O)Nc1cc(C(F)(F)F)ccc1N1CCN(C)CC1. The van der Waals surface area contributed by atoms with Crippen LogP contribution in [0, 0.1) is 0 Å². The summed E-state index contributed by atoms with van der Waals surface area (Å²) in [5, 5.41) is 2.57. The Balaban J connectivity index is 1.97. The lowest BCUT2D eigenvalue weighted by molar-refractivity contribution is -0.137. The Labute approximate surface area is 172 Å². The van der Waals surface area contributed by atoms with Crippen LogP contribution < -0.4 is 10.2 Å². The lowest BCUT2D eigenvalue weighted by atomic mass is 10.1. The average molecular weight is 421 g/mol. The van der Waals surface area contributed by atoms with Crippen LogP contribution in [0.3, 0.4) is 0 Å². The number of nitrogens with zero attached hydrogens (tertiary/aromatic N) is 2. The van der Waals surface area contributed by atoms with Crippen molar-refractivity contribution in [3.63, 3.8) is 0 Å². The standard InChI is InChI=1S/C21H22F3N3O3/c1-26-9-11-27(12-10-26)18-8-7-14(21(22,23)24)13-17(18)25-19(28)15-5-3-4-6-16(15)20(29)30-2/h3-8,13H,9-12H2,1-2H3,(H,25,28).